The molecule has 0 aromatic heterocycles. The molecular formula is C60H46N2. The van der Waals surface area contributed by atoms with Crippen molar-refractivity contribution in [3.63, 3.8) is 0 Å². The first-order valence-corrected chi connectivity index (χ1v) is 22.5. The SMILES string of the molecule is c1ccc(C2c3ccccc3-c3ccc(N(c4ccccc4)c4cccc5c4C46c7c(cccc7N(c7ccccc7)c7cccc8ccccc78)CC4CCC6C5)cc32)cc1. The van der Waals surface area contributed by atoms with Gasteiger partial charge in [0, 0.05) is 33.8 Å². The molecule has 296 valence electrons. The van der Waals surface area contributed by atoms with Crippen molar-refractivity contribution >= 4 is 44.9 Å². The standard InChI is InChI=1S/C60H46N2/c1-4-18-41(19-5-1)57-52-29-13-12-28-50(52)51-36-35-48(39-53(51)57)61(46-23-6-2-7-24-46)55-31-15-21-42-37-44-33-34-45-38-43-22-16-32-56(59(43)60(44,45)58(42)55)62(47-25-8-3-9-26-47)54-30-14-20-40-17-10-11-27-49(40)54/h1-32,35-36,39,44-45,57H,33-34,37-38H2. The van der Waals surface area contributed by atoms with E-state index in [1.807, 2.05) is 0 Å². The quantitative estimate of drug-likeness (QED) is 0.159. The number of hydrogen-bond donors (Lipinski definition) is 0. The zero-order chi connectivity index (χ0) is 40.8. The topological polar surface area (TPSA) is 6.48 Å². The zero-order valence-electron chi connectivity index (χ0n) is 34.7. The van der Waals surface area contributed by atoms with Crippen LogP contribution in [-0.4, -0.2) is 0 Å². The Kier molecular flexibility index (Phi) is 8.00. The molecule has 9 aromatic carbocycles. The molecule has 0 saturated heterocycles. The maximum Gasteiger partial charge on any atom is 0.0540 e. The van der Waals surface area contributed by atoms with Gasteiger partial charge in [-0.15, -0.1) is 0 Å². The molecule has 13 rings (SSSR count). The highest BCUT2D eigenvalue weighted by Crippen LogP contribution is 2.69. The highest BCUT2D eigenvalue weighted by Gasteiger charge is 2.62. The van der Waals surface area contributed by atoms with E-state index in [9.17, 15) is 0 Å². The molecule has 0 N–H and O–H groups in total. The van der Waals surface area contributed by atoms with Crippen molar-refractivity contribution in [2.75, 3.05) is 9.80 Å². The Balaban J connectivity index is 1.05. The molecule has 0 bridgehead atoms. The molecule has 1 spiro atoms. The van der Waals surface area contributed by atoms with Gasteiger partial charge < -0.3 is 9.80 Å². The van der Waals surface area contributed by atoms with Crippen LogP contribution in [0.25, 0.3) is 21.9 Å². The molecule has 0 amide bonds. The molecule has 1 fully saturated rings. The summed E-state index contributed by atoms with van der Waals surface area (Å²) in [5, 5.41) is 2.52. The minimum atomic E-state index is -0.137. The number of fused-ring (bicyclic) bond motifs is 6. The van der Waals surface area contributed by atoms with E-state index in [-0.39, 0.29) is 11.3 Å². The summed E-state index contributed by atoms with van der Waals surface area (Å²) in [6.45, 7) is 0. The first kappa shape index (κ1) is 35.6. The number of nitrogens with zero attached hydrogens (tertiary/aromatic N) is 2. The number of para-hydroxylation sites is 2. The highest BCUT2D eigenvalue weighted by atomic mass is 15.2. The van der Waals surface area contributed by atoms with Crippen LogP contribution in [0.2, 0.25) is 0 Å². The Morgan fingerprint density at radius 3 is 1.63 bits per heavy atom. The van der Waals surface area contributed by atoms with Gasteiger partial charge in [-0.1, -0.05) is 158 Å². The third kappa shape index (κ3) is 5.10. The third-order valence-corrected chi connectivity index (χ3v) is 15.0. The van der Waals surface area contributed by atoms with Crippen LogP contribution >= 0.6 is 0 Å². The minimum absolute atomic E-state index is 0.137. The van der Waals surface area contributed by atoms with Crippen LogP contribution < -0.4 is 9.80 Å². The van der Waals surface area contributed by atoms with Crippen molar-refractivity contribution in [3.8, 4) is 11.1 Å². The molecule has 2 nitrogen and oxygen atoms in total. The van der Waals surface area contributed by atoms with Crippen LogP contribution in [0.4, 0.5) is 34.1 Å². The summed E-state index contributed by atoms with van der Waals surface area (Å²) in [7, 11) is 0. The smallest absolute Gasteiger partial charge is 0.0540 e. The van der Waals surface area contributed by atoms with Crippen molar-refractivity contribution < 1.29 is 0 Å². The minimum Gasteiger partial charge on any atom is -0.310 e. The zero-order valence-corrected chi connectivity index (χ0v) is 34.7. The van der Waals surface area contributed by atoms with E-state index in [1.54, 1.807) is 0 Å². The van der Waals surface area contributed by atoms with Gasteiger partial charge in [0.1, 0.15) is 0 Å². The van der Waals surface area contributed by atoms with Gasteiger partial charge in [0.2, 0.25) is 0 Å². The van der Waals surface area contributed by atoms with Crippen molar-refractivity contribution in [3.05, 3.63) is 251 Å². The van der Waals surface area contributed by atoms with Gasteiger partial charge in [-0.2, -0.15) is 0 Å². The summed E-state index contributed by atoms with van der Waals surface area (Å²) in [4.78, 5) is 5.20. The van der Waals surface area contributed by atoms with E-state index >= 15 is 0 Å². The monoisotopic (exact) mass is 794 g/mol. The fourth-order valence-corrected chi connectivity index (χ4v) is 12.8. The van der Waals surface area contributed by atoms with Crippen LogP contribution in [-0.2, 0) is 18.3 Å². The Hall–Kier alpha value is -7.16. The summed E-state index contributed by atoms with van der Waals surface area (Å²) in [6.07, 6.45) is 4.69. The molecule has 4 unspecified atom stereocenters. The van der Waals surface area contributed by atoms with Crippen LogP contribution in [0.5, 0.6) is 0 Å². The van der Waals surface area contributed by atoms with Crippen LogP contribution in [0.1, 0.15) is 57.7 Å². The fraction of sp³-hybridized carbons (Fsp3) is 0.133. The maximum atomic E-state index is 2.61. The molecule has 0 radical (unpaired) electrons. The van der Waals surface area contributed by atoms with Crippen molar-refractivity contribution in [1.82, 2.24) is 0 Å². The van der Waals surface area contributed by atoms with Gasteiger partial charge in [-0.05, 0) is 148 Å². The lowest BCUT2D eigenvalue weighted by atomic mass is 9.68. The summed E-state index contributed by atoms with van der Waals surface area (Å²) in [5.41, 5.74) is 20.2. The molecule has 4 aliphatic carbocycles. The summed E-state index contributed by atoms with van der Waals surface area (Å²) in [5.74, 6) is 1.21. The van der Waals surface area contributed by atoms with E-state index in [4.69, 9.17) is 0 Å². The van der Waals surface area contributed by atoms with E-state index in [2.05, 4.69) is 222 Å². The second kappa shape index (κ2) is 13.9. The highest BCUT2D eigenvalue weighted by molar-refractivity contribution is 6.00. The third-order valence-electron chi connectivity index (χ3n) is 15.0. The van der Waals surface area contributed by atoms with Gasteiger partial charge in [-0.3, -0.25) is 0 Å². The normalized spacial score (nSPS) is 19.9. The Morgan fingerprint density at radius 1 is 0.387 bits per heavy atom. The summed E-state index contributed by atoms with van der Waals surface area (Å²) >= 11 is 0. The van der Waals surface area contributed by atoms with Crippen molar-refractivity contribution in [1.29, 1.82) is 0 Å². The summed E-state index contributed by atoms with van der Waals surface area (Å²) in [6, 6.07) is 79.8. The van der Waals surface area contributed by atoms with Gasteiger partial charge in [0.15, 0.2) is 0 Å². The molecule has 62 heavy (non-hydrogen) atoms. The average molecular weight is 795 g/mol. The van der Waals surface area contributed by atoms with Gasteiger partial charge >= 0.3 is 0 Å². The van der Waals surface area contributed by atoms with Crippen molar-refractivity contribution in [2.45, 2.75) is 37.0 Å². The lowest BCUT2D eigenvalue weighted by molar-refractivity contribution is 0.350. The number of hydrogen-bond acceptors (Lipinski definition) is 2. The lowest BCUT2D eigenvalue weighted by Gasteiger charge is -2.40. The summed E-state index contributed by atoms with van der Waals surface area (Å²) < 4.78 is 0. The molecule has 0 heterocycles. The van der Waals surface area contributed by atoms with Gasteiger partial charge in [0.25, 0.3) is 0 Å². The largest absolute Gasteiger partial charge is 0.310 e. The van der Waals surface area contributed by atoms with E-state index < -0.39 is 0 Å². The molecule has 4 atom stereocenters. The molecule has 4 aliphatic rings. The number of rotatable bonds is 7. The lowest BCUT2D eigenvalue weighted by Crippen LogP contribution is -2.34. The van der Waals surface area contributed by atoms with Gasteiger partial charge in [-0.25, -0.2) is 0 Å². The molecule has 0 aliphatic heterocycles. The predicted octanol–water partition coefficient (Wildman–Crippen LogP) is 15.4. The van der Waals surface area contributed by atoms with Gasteiger partial charge in [0.05, 0.1) is 17.1 Å². The van der Waals surface area contributed by atoms with E-state index in [1.165, 1.54) is 108 Å². The predicted molar refractivity (Wildman–Crippen MR) is 257 cm³/mol. The molecular weight excluding hydrogens is 749 g/mol. The second-order valence-electron chi connectivity index (χ2n) is 17.9. The number of benzene rings is 9. The first-order chi connectivity index (χ1) is 30.8. The van der Waals surface area contributed by atoms with E-state index in [0.717, 1.165) is 12.8 Å². The molecule has 1 saturated carbocycles. The second-order valence-corrected chi connectivity index (χ2v) is 17.9. The van der Waals surface area contributed by atoms with Crippen LogP contribution in [0, 0.1) is 11.8 Å². The van der Waals surface area contributed by atoms with Crippen molar-refractivity contribution in [2.24, 2.45) is 11.8 Å². The molecule has 9 aromatic rings. The average Bonchev–Trinajstić information content (AvgIpc) is 4.06. The van der Waals surface area contributed by atoms with E-state index in [0.29, 0.717) is 11.8 Å². The Bertz CT molecular complexity index is 3160. The Morgan fingerprint density at radius 2 is 0.919 bits per heavy atom. The Labute approximate surface area is 364 Å². The molecule has 2 heteroatoms. The number of anilines is 6. The van der Waals surface area contributed by atoms with Crippen LogP contribution in [0.15, 0.2) is 212 Å². The van der Waals surface area contributed by atoms with Crippen LogP contribution in [0.3, 0.4) is 0 Å². The first-order valence-electron chi connectivity index (χ1n) is 22.5. The fourth-order valence-electron chi connectivity index (χ4n) is 12.8. The maximum absolute atomic E-state index is 2.61.